The molecule has 0 unspecified atom stereocenters. The Balaban J connectivity index is 1.68. The van der Waals surface area contributed by atoms with Crippen molar-refractivity contribution in [2.75, 3.05) is 6.54 Å². The fraction of sp³-hybridized carbons (Fsp3) is 0.556. The summed E-state index contributed by atoms with van der Waals surface area (Å²) in [6.45, 7) is 0.656. The molecular formula is C18H25NO3. The van der Waals surface area contributed by atoms with Crippen molar-refractivity contribution in [2.45, 2.75) is 57.8 Å². The number of rotatable bonds is 8. The lowest BCUT2D eigenvalue weighted by atomic mass is 9.90. The first-order valence-corrected chi connectivity index (χ1v) is 8.28. The maximum atomic E-state index is 12.1. The fourth-order valence-corrected chi connectivity index (χ4v) is 2.93. The molecule has 0 aromatic heterocycles. The van der Waals surface area contributed by atoms with Gasteiger partial charge in [0.05, 0.1) is 0 Å². The predicted molar refractivity (Wildman–Crippen MR) is 86.1 cm³/mol. The molecule has 120 valence electrons. The topological polar surface area (TPSA) is 66.4 Å². The highest BCUT2D eigenvalue weighted by Crippen LogP contribution is 2.22. The van der Waals surface area contributed by atoms with Crippen LogP contribution in [0, 0.1) is 0 Å². The van der Waals surface area contributed by atoms with Crippen molar-refractivity contribution >= 4 is 11.9 Å². The molecule has 22 heavy (non-hydrogen) atoms. The zero-order chi connectivity index (χ0) is 15.8. The number of carbonyl (C=O) groups excluding carboxylic acids is 1. The Hall–Kier alpha value is -1.84. The van der Waals surface area contributed by atoms with E-state index >= 15 is 0 Å². The molecule has 0 heterocycles. The molecule has 2 N–H and O–H groups in total. The summed E-state index contributed by atoms with van der Waals surface area (Å²) in [6.07, 6.45) is 8.40. The number of carboxylic acid groups (broad SMARTS) is 1. The summed E-state index contributed by atoms with van der Waals surface area (Å²) >= 11 is 0. The highest BCUT2D eigenvalue weighted by molar-refractivity contribution is 5.94. The van der Waals surface area contributed by atoms with Gasteiger partial charge in [-0.25, -0.2) is 0 Å². The second-order valence-electron chi connectivity index (χ2n) is 6.00. The van der Waals surface area contributed by atoms with Crippen LogP contribution in [0.5, 0.6) is 0 Å². The lowest BCUT2D eigenvalue weighted by molar-refractivity contribution is -0.137. The van der Waals surface area contributed by atoms with Crippen LogP contribution in [0.2, 0.25) is 0 Å². The number of unbranched alkanes of at least 4 members (excludes halogenated alkanes) is 3. The largest absolute Gasteiger partial charge is 0.481 e. The van der Waals surface area contributed by atoms with E-state index in [0.717, 1.165) is 37.7 Å². The van der Waals surface area contributed by atoms with Gasteiger partial charge in [0.25, 0.3) is 5.91 Å². The Morgan fingerprint density at radius 2 is 1.73 bits per heavy atom. The van der Waals surface area contributed by atoms with Gasteiger partial charge in [-0.1, -0.05) is 18.9 Å². The normalized spacial score (nSPS) is 13.5. The van der Waals surface area contributed by atoms with E-state index in [9.17, 15) is 9.59 Å². The number of aryl methyl sites for hydroxylation is 2. The summed E-state index contributed by atoms with van der Waals surface area (Å²) in [7, 11) is 0. The SMILES string of the molecule is O=C(O)CCCCCCNC(=O)c1ccc2c(c1)CCCC2. The van der Waals surface area contributed by atoms with E-state index in [1.807, 2.05) is 12.1 Å². The van der Waals surface area contributed by atoms with E-state index in [-0.39, 0.29) is 12.3 Å². The highest BCUT2D eigenvalue weighted by Gasteiger charge is 2.12. The number of carboxylic acids is 1. The molecule has 0 atom stereocenters. The molecule has 1 aliphatic carbocycles. The number of nitrogens with one attached hydrogen (secondary N) is 1. The lowest BCUT2D eigenvalue weighted by Gasteiger charge is -2.16. The Kier molecular flexibility index (Phi) is 6.44. The highest BCUT2D eigenvalue weighted by atomic mass is 16.4. The molecule has 4 nitrogen and oxygen atoms in total. The number of hydrogen-bond acceptors (Lipinski definition) is 2. The Morgan fingerprint density at radius 3 is 2.50 bits per heavy atom. The first-order chi connectivity index (χ1) is 10.7. The molecular weight excluding hydrogens is 278 g/mol. The Labute approximate surface area is 131 Å². The van der Waals surface area contributed by atoms with Gasteiger partial charge < -0.3 is 10.4 Å². The van der Waals surface area contributed by atoms with Gasteiger partial charge in [0.2, 0.25) is 0 Å². The molecule has 0 saturated heterocycles. The summed E-state index contributed by atoms with van der Waals surface area (Å²) in [5.74, 6) is -0.736. The summed E-state index contributed by atoms with van der Waals surface area (Å²) in [5, 5.41) is 11.5. The quantitative estimate of drug-likeness (QED) is 0.724. The predicted octanol–water partition coefficient (Wildman–Crippen LogP) is 3.33. The van der Waals surface area contributed by atoms with E-state index in [0.29, 0.717) is 13.0 Å². The molecule has 1 aliphatic rings. The van der Waals surface area contributed by atoms with E-state index in [1.54, 1.807) is 0 Å². The fourth-order valence-electron chi connectivity index (χ4n) is 2.93. The van der Waals surface area contributed by atoms with Crippen molar-refractivity contribution in [1.29, 1.82) is 0 Å². The van der Waals surface area contributed by atoms with Gasteiger partial charge in [-0.15, -0.1) is 0 Å². The number of amides is 1. The summed E-state index contributed by atoms with van der Waals surface area (Å²) < 4.78 is 0. The van der Waals surface area contributed by atoms with E-state index in [2.05, 4.69) is 11.4 Å². The Bertz CT molecular complexity index is 525. The lowest BCUT2D eigenvalue weighted by Crippen LogP contribution is -2.24. The molecule has 4 heteroatoms. The number of benzene rings is 1. The molecule has 2 rings (SSSR count). The van der Waals surface area contributed by atoms with Crippen LogP contribution in [0.15, 0.2) is 18.2 Å². The molecule has 0 bridgehead atoms. The van der Waals surface area contributed by atoms with Gasteiger partial charge in [0.1, 0.15) is 0 Å². The van der Waals surface area contributed by atoms with Crippen LogP contribution in [-0.2, 0) is 17.6 Å². The van der Waals surface area contributed by atoms with Crippen LogP contribution in [0.1, 0.15) is 66.4 Å². The number of carbonyl (C=O) groups is 2. The number of fused-ring (bicyclic) bond motifs is 1. The second kappa shape index (κ2) is 8.57. The maximum absolute atomic E-state index is 12.1. The minimum Gasteiger partial charge on any atom is -0.481 e. The number of aliphatic carboxylic acids is 1. The smallest absolute Gasteiger partial charge is 0.303 e. The molecule has 1 aromatic carbocycles. The number of hydrogen-bond donors (Lipinski definition) is 2. The zero-order valence-electron chi connectivity index (χ0n) is 13.1. The first-order valence-electron chi connectivity index (χ1n) is 8.28. The average molecular weight is 303 g/mol. The van der Waals surface area contributed by atoms with Crippen molar-refractivity contribution in [2.24, 2.45) is 0 Å². The van der Waals surface area contributed by atoms with E-state index in [1.165, 1.54) is 24.0 Å². The van der Waals surface area contributed by atoms with Crippen LogP contribution in [0.25, 0.3) is 0 Å². The summed E-state index contributed by atoms with van der Waals surface area (Å²) in [5.41, 5.74) is 3.47. The molecule has 0 fully saturated rings. The molecule has 0 aliphatic heterocycles. The van der Waals surface area contributed by atoms with Gasteiger partial charge in [-0.05, 0) is 61.8 Å². The van der Waals surface area contributed by atoms with Crippen molar-refractivity contribution in [3.8, 4) is 0 Å². The Morgan fingerprint density at radius 1 is 1.00 bits per heavy atom. The average Bonchev–Trinajstić information content (AvgIpc) is 2.53. The third-order valence-corrected chi connectivity index (χ3v) is 4.21. The van der Waals surface area contributed by atoms with Crippen LogP contribution >= 0.6 is 0 Å². The van der Waals surface area contributed by atoms with Crippen LogP contribution in [-0.4, -0.2) is 23.5 Å². The molecule has 1 amide bonds. The molecule has 0 spiro atoms. The maximum Gasteiger partial charge on any atom is 0.303 e. The van der Waals surface area contributed by atoms with Crippen LogP contribution < -0.4 is 5.32 Å². The van der Waals surface area contributed by atoms with Gasteiger partial charge in [0, 0.05) is 18.5 Å². The van der Waals surface area contributed by atoms with E-state index in [4.69, 9.17) is 5.11 Å². The van der Waals surface area contributed by atoms with Gasteiger partial charge in [-0.2, -0.15) is 0 Å². The third kappa shape index (κ3) is 5.17. The summed E-state index contributed by atoms with van der Waals surface area (Å²) in [4.78, 5) is 22.5. The van der Waals surface area contributed by atoms with Crippen LogP contribution in [0.3, 0.4) is 0 Å². The third-order valence-electron chi connectivity index (χ3n) is 4.21. The van der Waals surface area contributed by atoms with Gasteiger partial charge >= 0.3 is 5.97 Å². The second-order valence-corrected chi connectivity index (χ2v) is 6.00. The van der Waals surface area contributed by atoms with Crippen molar-refractivity contribution in [3.05, 3.63) is 34.9 Å². The monoisotopic (exact) mass is 303 g/mol. The van der Waals surface area contributed by atoms with E-state index < -0.39 is 5.97 Å². The zero-order valence-corrected chi connectivity index (χ0v) is 13.1. The van der Waals surface area contributed by atoms with Crippen molar-refractivity contribution in [3.63, 3.8) is 0 Å². The molecule has 1 aromatic rings. The minimum atomic E-state index is -0.735. The summed E-state index contributed by atoms with van der Waals surface area (Å²) in [6, 6.07) is 6.05. The van der Waals surface area contributed by atoms with Crippen molar-refractivity contribution in [1.82, 2.24) is 5.32 Å². The standard InChI is InChI=1S/C18H25NO3/c20-17(21)9-3-1-2-6-12-19-18(22)16-11-10-14-7-4-5-8-15(14)13-16/h10-11,13H,1-9,12H2,(H,19,22)(H,20,21). The minimum absolute atomic E-state index is 0.00101. The van der Waals surface area contributed by atoms with Crippen molar-refractivity contribution < 1.29 is 14.7 Å². The van der Waals surface area contributed by atoms with Gasteiger partial charge in [-0.3, -0.25) is 9.59 Å². The van der Waals surface area contributed by atoms with Crippen LogP contribution in [0.4, 0.5) is 0 Å². The first kappa shape index (κ1) is 16.5. The molecule has 0 saturated carbocycles. The van der Waals surface area contributed by atoms with Gasteiger partial charge in [0.15, 0.2) is 0 Å². The molecule has 0 radical (unpaired) electrons.